The van der Waals surface area contributed by atoms with Crippen molar-refractivity contribution in [3.8, 4) is 0 Å². The van der Waals surface area contributed by atoms with Gasteiger partial charge in [0, 0.05) is 24.9 Å². The highest BCUT2D eigenvalue weighted by Crippen LogP contribution is 2.38. The predicted molar refractivity (Wildman–Crippen MR) is 94.4 cm³/mol. The minimum absolute atomic E-state index is 0.0775. The smallest absolute Gasteiger partial charge is 0.303 e. The molecular formula is C20H28O6. The zero-order valence-electron chi connectivity index (χ0n) is 15.0. The van der Waals surface area contributed by atoms with Gasteiger partial charge in [0.2, 0.25) is 0 Å². The molecule has 1 saturated heterocycles. The van der Waals surface area contributed by atoms with Gasteiger partial charge in [0.15, 0.2) is 6.29 Å². The van der Waals surface area contributed by atoms with Crippen molar-refractivity contribution >= 4 is 5.97 Å². The molecule has 0 radical (unpaired) electrons. The molecule has 1 aliphatic heterocycles. The molecule has 1 aliphatic carbocycles. The largest absolute Gasteiger partial charge is 0.481 e. The number of aliphatic hydroxyl groups excluding tert-OH is 1. The SMILES string of the molecule is O=C(O)C[C@H]1[C@H](COCc2ccccc2)[C@@H](OC2CCCCO2)C[C@H]1O. The van der Waals surface area contributed by atoms with E-state index < -0.39 is 12.1 Å². The van der Waals surface area contributed by atoms with E-state index in [4.69, 9.17) is 14.2 Å². The second-order valence-corrected chi connectivity index (χ2v) is 7.20. The maximum atomic E-state index is 11.2. The van der Waals surface area contributed by atoms with E-state index in [-0.39, 0.29) is 30.7 Å². The quantitative estimate of drug-likeness (QED) is 0.737. The number of rotatable bonds is 8. The first-order valence-electron chi connectivity index (χ1n) is 9.42. The van der Waals surface area contributed by atoms with E-state index in [0.717, 1.165) is 24.8 Å². The van der Waals surface area contributed by atoms with Crippen LogP contribution in [0, 0.1) is 11.8 Å². The summed E-state index contributed by atoms with van der Waals surface area (Å²) in [6.45, 7) is 1.51. The third kappa shape index (κ3) is 5.27. The fourth-order valence-electron chi connectivity index (χ4n) is 3.93. The molecule has 3 rings (SSSR count). The highest BCUT2D eigenvalue weighted by atomic mass is 16.7. The first-order chi connectivity index (χ1) is 12.6. The minimum Gasteiger partial charge on any atom is -0.481 e. The zero-order chi connectivity index (χ0) is 18.4. The van der Waals surface area contributed by atoms with Crippen molar-refractivity contribution in [2.75, 3.05) is 13.2 Å². The molecule has 2 fully saturated rings. The number of hydrogen-bond acceptors (Lipinski definition) is 5. The van der Waals surface area contributed by atoms with Crippen LogP contribution < -0.4 is 0 Å². The Bertz CT molecular complexity index is 557. The number of carboxylic acids is 1. The molecule has 2 aliphatic rings. The summed E-state index contributed by atoms with van der Waals surface area (Å²) in [5.41, 5.74) is 1.06. The number of ether oxygens (including phenoxy) is 3. The second-order valence-electron chi connectivity index (χ2n) is 7.20. The maximum Gasteiger partial charge on any atom is 0.303 e. The Hall–Kier alpha value is -1.47. The lowest BCUT2D eigenvalue weighted by Crippen LogP contribution is -2.34. The number of carboxylic acid groups (broad SMARTS) is 1. The van der Waals surface area contributed by atoms with Crippen LogP contribution >= 0.6 is 0 Å². The maximum absolute atomic E-state index is 11.2. The van der Waals surface area contributed by atoms with E-state index >= 15 is 0 Å². The van der Waals surface area contributed by atoms with Gasteiger partial charge < -0.3 is 24.4 Å². The summed E-state index contributed by atoms with van der Waals surface area (Å²) in [5, 5.41) is 19.6. The summed E-state index contributed by atoms with van der Waals surface area (Å²) in [7, 11) is 0. The van der Waals surface area contributed by atoms with Gasteiger partial charge in [0.25, 0.3) is 0 Å². The minimum atomic E-state index is -0.906. The molecule has 26 heavy (non-hydrogen) atoms. The van der Waals surface area contributed by atoms with Crippen molar-refractivity contribution < 1.29 is 29.2 Å². The Kier molecular flexibility index (Phi) is 7.02. The lowest BCUT2D eigenvalue weighted by Gasteiger charge is -2.30. The highest BCUT2D eigenvalue weighted by Gasteiger charge is 2.45. The van der Waals surface area contributed by atoms with E-state index in [1.54, 1.807) is 0 Å². The molecule has 1 saturated carbocycles. The van der Waals surface area contributed by atoms with Gasteiger partial charge in [-0.2, -0.15) is 0 Å². The van der Waals surface area contributed by atoms with Crippen LogP contribution in [0.25, 0.3) is 0 Å². The molecule has 6 nitrogen and oxygen atoms in total. The lowest BCUT2D eigenvalue weighted by molar-refractivity contribution is -0.199. The van der Waals surface area contributed by atoms with Crippen LogP contribution in [0.1, 0.15) is 37.7 Å². The van der Waals surface area contributed by atoms with E-state index in [9.17, 15) is 15.0 Å². The molecule has 5 atom stereocenters. The molecule has 0 amide bonds. The lowest BCUT2D eigenvalue weighted by atomic mass is 9.91. The van der Waals surface area contributed by atoms with Crippen LogP contribution in [0.3, 0.4) is 0 Å². The molecule has 0 aromatic heterocycles. The second kappa shape index (κ2) is 9.46. The molecule has 1 heterocycles. The summed E-state index contributed by atoms with van der Waals surface area (Å²) in [6, 6.07) is 9.84. The molecule has 1 aromatic rings. The average molecular weight is 364 g/mol. The van der Waals surface area contributed by atoms with Gasteiger partial charge >= 0.3 is 5.97 Å². The van der Waals surface area contributed by atoms with Crippen LogP contribution in [-0.2, 0) is 25.6 Å². The molecule has 0 spiro atoms. The van der Waals surface area contributed by atoms with Crippen LogP contribution in [0.4, 0.5) is 0 Å². The molecule has 1 unspecified atom stereocenters. The number of hydrogen-bond donors (Lipinski definition) is 2. The van der Waals surface area contributed by atoms with Crippen molar-refractivity contribution in [3.05, 3.63) is 35.9 Å². The third-order valence-electron chi connectivity index (χ3n) is 5.29. The highest BCUT2D eigenvalue weighted by molar-refractivity contribution is 5.67. The van der Waals surface area contributed by atoms with Crippen LogP contribution in [0.2, 0.25) is 0 Å². The third-order valence-corrected chi connectivity index (χ3v) is 5.29. The number of benzene rings is 1. The standard InChI is InChI=1S/C20H28O6/c21-17-11-18(26-20-8-4-5-9-25-20)16(15(17)10-19(22)23)13-24-12-14-6-2-1-3-7-14/h1-3,6-7,15-18,20-21H,4-5,8-13H2,(H,22,23)/t15-,16-,17+,18-,20?/m0/s1. The number of aliphatic hydroxyl groups is 1. The van der Waals surface area contributed by atoms with Crippen LogP contribution in [-0.4, -0.2) is 47.9 Å². The average Bonchev–Trinajstić information content (AvgIpc) is 2.91. The normalized spacial score (nSPS) is 31.8. The van der Waals surface area contributed by atoms with Crippen molar-refractivity contribution in [3.63, 3.8) is 0 Å². The zero-order valence-corrected chi connectivity index (χ0v) is 15.0. The van der Waals surface area contributed by atoms with E-state index in [1.165, 1.54) is 0 Å². The molecule has 1 aromatic carbocycles. The summed E-state index contributed by atoms with van der Waals surface area (Å²) in [6.07, 6.45) is 2.10. The van der Waals surface area contributed by atoms with Gasteiger partial charge in [-0.05, 0) is 24.8 Å². The Morgan fingerprint density at radius 3 is 2.69 bits per heavy atom. The predicted octanol–water partition coefficient (Wildman–Crippen LogP) is 2.59. The summed E-state index contributed by atoms with van der Waals surface area (Å²) in [5.74, 6) is -1.43. The molecular weight excluding hydrogens is 336 g/mol. The van der Waals surface area contributed by atoms with Gasteiger partial charge in [-0.15, -0.1) is 0 Å². The van der Waals surface area contributed by atoms with Gasteiger partial charge in [-0.25, -0.2) is 0 Å². The van der Waals surface area contributed by atoms with Crippen LogP contribution in [0.15, 0.2) is 30.3 Å². The topological polar surface area (TPSA) is 85.2 Å². The monoisotopic (exact) mass is 364 g/mol. The first-order valence-corrected chi connectivity index (χ1v) is 9.42. The molecule has 2 N–H and O–H groups in total. The van der Waals surface area contributed by atoms with Crippen molar-refractivity contribution in [2.45, 2.75) is 57.2 Å². The molecule has 6 heteroatoms. The summed E-state index contributed by atoms with van der Waals surface area (Å²) >= 11 is 0. The number of carbonyl (C=O) groups is 1. The Morgan fingerprint density at radius 1 is 1.19 bits per heavy atom. The van der Waals surface area contributed by atoms with Crippen molar-refractivity contribution in [2.24, 2.45) is 11.8 Å². The first kappa shape index (κ1) is 19.3. The van der Waals surface area contributed by atoms with Gasteiger partial charge in [-0.3, -0.25) is 4.79 Å². The van der Waals surface area contributed by atoms with Crippen molar-refractivity contribution in [1.82, 2.24) is 0 Å². The van der Waals surface area contributed by atoms with E-state index in [1.807, 2.05) is 30.3 Å². The summed E-state index contributed by atoms with van der Waals surface area (Å²) in [4.78, 5) is 11.2. The van der Waals surface area contributed by atoms with E-state index in [2.05, 4.69) is 0 Å². The van der Waals surface area contributed by atoms with Gasteiger partial charge in [-0.1, -0.05) is 30.3 Å². The van der Waals surface area contributed by atoms with Crippen molar-refractivity contribution in [1.29, 1.82) is 0 Å². The number of aliphatic carboxylic acids is 1. The van der Waals surface area contributed by atoms with Crippen LogP contribution in [0.5, 0.6) is 0 Å². The van der Waals surface area contributed by atoms with Gasteiger partial charge in [0.05, 0.1) is 31.8 Å². The molecule has 0 bridgehead atoms. The Labute approximate surface area is 154 Å². The van der Waals surface area contributed by atoms with E-state index in [0.29, 0.717) is 26.2 Å². The Balaban J connectivity index is 1.60. The van der Waals surface area contributed by atoms with Gasteiger partial charge in [0.1, 0.15) is 0 Å². The summed E-state index contributed by atoms with van der Waals surface area (Å²) < 4.78 is 17.6. The molecule has 144 valence electrons. The fourth-order valence-corrected chi connectivity index (χ4v) is 3.93. The Morgan fingerprint density at radius 2 is 2.00 bits per heavy atom. The fraction of sp³-hybridized carbons (Fsp3) is 0.650.